The third-order valence-electron chi connectivity index (χ3n) is 2.81. The van der Waals surface area contributed by atoms with Crippen molar-refractivity contribution in [2.45, 2.75) is 27.2 Å². The van der Waals surface area contributed by atoms with Gasteiger partial charge in [0.05, 0.1) is 25.3 Å². The summed E-state index contributed by atoms with van der Waals surface area (Å²) >= 11 is 0. The Bertz CT molecular complexity index is 496. The van der Waals surface area contributed by atoms with Crippen molar-refractivity contribution in [1.82, 2.24) is 0 Å². The Kier molecular flexibility index (Phi) is 7.15. The van der Waals surface area contributed by atoms with Crippen LogP contribution in [0.3, 0.4) is 0 Å². The first-order chi connectivity index (χ1) is 10.1. The summed E-state index contributed by atoms with van der Waals surface area (Å²) in [5, 5.41) is 0. The standard InChI is InChI=1S/C16H21NO4/c1-4-20-15(18)11-14(16(19)21-5-2)12(3)17-13-9-7-6-8-10-13/h6-10,14H,4-5,11H2,1-3H3. The summed E-state index contributed by atoms with van der Waals surface area (Å²) in [7, 11) is 0. The van der Waals surface area contributed by atoms with E-state index in [-0.39, 0.29) is 19.6 Å². The summed E-state index contributed by atoms with van der Waals surface area (Å²) in [6.45, 7) is 5.71. The zero-order valence-electron chi connectivity index (χ0n) is 12.7. The van der Waals surface area contributed by atoms with Crippen LogP contribution < -0.4 is 0 Å². The molecule has 0 N–H and O–H groups in total. The Morgan fingerprint density at radius 2 is 1.71 bits per heavy atom. The van der Waals surface area contributed by atoms with Crippen LogP contribution in [0.4, 0.5) is 5.69 Å². The SMILES string of the molecule is CCOC(=O)CC(C(=O)OCC)C(C)=Nc1ccccc1. The highest BCUT2D eigenvalue weighted by atomic mass is 16.5. The minimum atomic E-state index is -0.718. The molecule has 0 saturated carbocycles. The van der Waals surface area contributed by atoms with Crippen LogP contribution in [-0.4, -0.2) is 30.9 Å². The van der Waals surface area contributed by atoms with Crippen molar-refractivity contribution < 1.29 is 19.1 Å². The lowest BCUT2D eigenvalue weighted by molar-refractivity contribution is -0.152. The monoisotopic (exact) mass is 291 g/mol. The lowest BCUT2D eigenvalue weighted by atomic mass is 10.0. The van der Waals surface area contributed by atoms with Gasteiger partial charge in [-0.15, -0.1) is 0 Å². The highest BCUT2D eigenvalue weighted by molar-refractivity contribution is 6.04. The topological polar surface area (TPSA) is 65.0 Å². The number of ether oxygens (including phenoxy) is 2. The first kappa shape index (κ1) is 16.9. The second-order valence-electron chi connectivity index (χ2n) is 4.40. The molecule has 0 amide bonds. The molecule has 0 fully saturated rings. The van der Waals surface area contributed by atoms with Crippen LogP contribution in [0.25, 0.3) is 0 Å². The molecule has 1 aromatic rings. The third-order valence-corrected chi connectivity index (χ3v) is 2.81. The zero-order chi connectivity index (χ0) is 15.7. The maximum absolute atomic E-state index is 12.0. The van der Waals surface area contributed by atoms with Gasteiger partial charge in [0, 0.05) is 5.71 Å². The van der Waals surface area contributed by atoms with Crippen LogP contribution >= 0.6 is 0 Å². The molecule has 0 aliphatic carbocycles. The van der Waals surface area contributed by atoms with Gasteiger partial charge in [-0.2, -0.15) is 0 Å². The minimum Gasteiger partial charge on any atom is -0.466 e. The fraction of sp³-hybridized carbons (Fsp3) is 0.438. The minimum absolute atomic E-state index is 0.0607. The fourth-order valence-corrected chi connectivity index (χ4v) is 1.82. The van der Waals surface area contributed by atoms with Crippen molar-refractivity contribution >= 4 is 23.3 Å². The summed E-state index contributed by atoms with van der Waals surface area (Å²) in [4.78, 5) is 28.0. The number of carbonyl (C=O) groups is 2. The molecular weight excluding hydrogens is 270 g/mol. The number of nitrogens with zero attached hydrogens (tertiary/aromatic N) is 1. The number of benzene rings is 1. The van der Waals surface area contributed by atoms with E-state index in [2.05, 4.69) is 4.99 Å². The summed E-state index contributed by atoms with van der Waals surface area (Å²) in [5.74, 6) is -1.61. The number of aliphatic imine (C=N–C) groups is 1. The molecule has 114 valence electrons. The van der Waals surface area contributed by atoms with E-state index in [1.807, 2.05) is 30.3 Å². The number of para-hydroxylation sites is 1. The second-order valence-corrected chi connectivity index (χ2v) is 4.40. The van der Waals surface area contributed by atoms with Crippen LogP contribution in [-0.2, 0) is 19.1 Å². The summed E-state index contributed by atoms with van der Waals surface area (Å²) in [5.41, 5.74) is 1.26. The molecule has 5 nitrogen and oxygen atoms in total. The summed E-state index contributed by atoms with van der Waals surface area (Å²) < 4.78 is 9.91. The third kappa shape index (κ3) is 5.77. The Morgan fingerprint density at radius 3 is 2.29 bits per heavy atom. The van der Waals surface area contributed by atoms with Crippen LogP contribution in [0.5, 0.6) is 0 Å². The van der Waals surface area contributed by atoms with E-state index < -0.39 is 17.9 Å². The molecule has 1 unspecified atom stereocenters. The predicted molar refractivity (Wildman–Crippen MR) is 80.6 cm³/mol. The van der Waals surface area contributed by atoms with E-state index >= 15 is 0 Å². The number of hydrogen-bond donors (Lipinski definition) is 0. The normalized spacial score (nSPS) is 12.6. The fourth-order valence-electron chi connectivity index (χ4n) is 1.82. The molecule has 1 aromatic carbocycles. The summed E-state index contributed by atoms with van der Waals surface area (Å²) in [6.07, 6.45) is -0.0607. The van der Waals surface area contributed by atoms with Gasteiger partial charge >= 0.3 is 11.9 Å². The number of rotatable bonds is 7. The predicted octanol–water partition coefficient (Wildman–Crippen LogP) is 2.91. The first-order valence-corrected chi connectivity index (χ1v) is 7.01. The van der Waals surface area contributed by atoms with Gasteiger partial charge in [-0.3, -0.25) is 14.6 Å². The van der Waals surface area contributed by atoms with E-state index in [1.54, 1.807) is 20.8 Å². The van der Waals surface area contributed by atoms with E-state index in [0.717, 1.165) is 5.69 Å². The summed E-state index contributed by atoms with van der Waals surface area (Å²) in [6, 6.07) is 9.26. The van der Waals surface area contributed by atoms with E-state index in [1.165, 1.54) is 0 Å². The Balaban J connectivity index is 2.91. The molecule has 0 saturated heterocycles. The average molecular weight is 291 g/mol. The van der Waals surface area contributed by atoms with Crippen molar-refractivity contribution in [2.24, 2.45) is 10.9 Å². The van der Waals surface area contributed by atoms with Crippen molar-refractivity contribution in [1.29, 1.82) is 0 Å². The van der Waals surface area contributed by atoms with Gasteiger partial charge in [-0.1, -0.05) is 18.2 Å². The Morgan fingerprint density at radius 1 is 1.10 bits per heavy atom. The van der Waals surface area contributed by atoms with E-state index in [0.29, 0.717) is 5.71 Å². The highest BCUT2D eigenvalue weighted by Crippen LogP contribution is 2.16. The Hall–Kier alpha value is -2.17. The maximum atomic E-state index is 12.0. The molecule has 5 heteroatoms. The van der Waals surface area contributed by atoms with Crippen molar-refractivity contribution in [2.75, 3.05) is 13.2 Å². The van der Waals surface area contributed by atoms with Gasteiger partial charge < -0.3 is 9.47 Å². The van der Waals surface area contributed by atoms with Gasteiger partial charge in [-0.05, 0) is 32.9 Å². The lowest BCUT2D eigenvalue weighted by Gasteiger charge is -2.14. The number of hydrogen-bond acceptors (Lipinski definition) is 5. The molecule has 0 heterocycles. The van der Waals surface area contributed by atoms with Crippen LogP contribution in [0.1, 0.15) is 27.2 Å². The largest absolute Gasteiger partial charge is 0.466 e. The molecule has 21 heavy (non-hydrogen) atoms. The second kappa shape index (κ2) is 8.89. The average Bonchev–Trinajstić information content (AvgIpc) is 2.46. The van der Waals surface area contributed by atoms with Gasteiger partial charge in [-0.25, -0.2) is 0 Å². The first-order valence-electron chi connectivity index (χ1n) is 7.01. The van der Waals surface area contributed by atoms with Crippen LogP contribution in [0.15, 0.2) is 35.3 Å². The van der Waals surface area contributed by atoms with E-state index in [4.69, 9.17) is 9.47 Å². The van der Waals surface area contributed by atoms with Gasteiger partial charge in [0.1, 0.15) is 5.92 Å². The highest BCUT2D eigenvalue weighted by Gasteiger charge is 2.26. The molecule has 0 spiro atoms. The maximum Gasteiger partial charge on any atom is 0.315 e. The molecule has 0 aliphatic heterocycles. The van der Waals surface area contributed by atoms with Gasteiger partial charge in [0.2, 0.25) is 0 Å². The van der Waals surface area contributed by atoms with Gasteiger partial charge in [0.25, 0.3) is 0 Å². The quantitative estimate of drug-likeness (QED) is 0.572. The number of esters is 2. The Labute approximate surface area is 125 Å². The van der Waals surface area contributed by atoms with Gasteiger partial charge in [0.15, 0.2) is 0 Å². The molecule has 1 rings (SSSR count). The molecule has 1 atom stereocenters. The van der Waals surface area contributed by atoms with Crippen molar-refractivity contribution in [3.8, 4) is 0 Å². The van der Waals surface area contributed by atoms with E-state index in [9.17, 15) is 9.59 Å². The molecule has 0 aromatic heterocycles. The smallest absolute Gasteiger partial charge is 0.315 e. The van der Waals surface area contributed by atoms with Crippen molar-refractivity contribution in [3.05, 3.63) is 30.3 Å². The van der Waals surface area contributed by atoms with Crippen molar-refractivity contribution in [3.63, 3.8) is 0 Å². The van der Waals surface area contributed by atoms with Crippen LogP contribution in [0, 0.1) is 5.92 Å². The molecule has 0 radical (unpaired) electrons. The molecular formula is C16H21NO4. The number of carbonyl (C=O) groups excluding carboxylic acids is 2. The lowest BCUT2D eigenvalue weighted by Crippen LogP contribution is -2.27. The molecule has 0 aliphatic rings. The zero-order valence-corrected chi connectivity index (χ0v) is 12.7. The molecule has 0 bridgehead atoms. The van der Waals surface area contributed by atoms with Crippen LogP contribution in [0.2, 0.25) is 0 Å².